The van der Waals surface area contributed by atoms with Crippen molar-refractivity contribution in [2.75, 3.05) is 13.7 Å². The van der Waals surface area contributed by atoms with Crippen LogP contribution in [0, 0.1) is 17.8 Å². The third-order valence-electron chi connectivity index (χ3n) is 8.63. The number of hydrogen-bond acceptors (Lipinski definition) is 5. The molecule has 184 valence electrons. The first-order valence-electron chi connectivity index (χ1n) is 12.6. The minimum absolute atomic E-state index is 0.0281. The summed E-state index contributed by atoms with van der Waals surface area (Å²) in [4.78, 5) is 42.8. The molecule has 0 aromatic heterocycles. The standard InChI is InChI=1S/C26H35N3O4S/c1-15-13-19-20(23(31)27-2)21-25(33)29(18(14-30)16-9-5-3-6-10-16)22(26(15,21)34-19)24(32)28-17-11-7-4-8-12-17/h3,5-6,9-10,15,17-22,30H,4,7-8,11-14H2,1-2H3,(H,27,31)(H,28,32)/t15?,18-,19-,20+,21+,22?,26?/m1/s1. The van der Waals surface area contributed by atoms with Gasteiger partial charge in [-0.1, -0.05) is 56.5 Å². The van der Waals surface area contributed by atoms with E-state index in [4.69, 9.17) is 0 Å². The number of benzene rings is 1. The minimum atomic E-state index is -0.719. The van der Waals surface area contributed by atoms with Crippen LogP contribution < -0.4 is 10.6 Å². The van der Waals surface area contributed by atoms with E-state index < -0.39 is 28.7 Å². The van der Waals surface area contributed by atoms with Gasteiger partial charge in [-0.25, -0.2) is 0 Å². The number of hydrogen-bond donors (Lipinski definition) is 3. The molecule has 3 unspecified atom stereocenters. The molecular weight excluding hydrogens is 450 g/mol. The Kier molecular flexibility index (Phi) is 6.40. The number of thioether (sulfide) groups is 1. The van der Waals surface area contributed by atoms with Crippen LogP contribution in [0.4, 0.5) is 0 Å². The predicted molar refractivity (Wildman–Crippen MR) is 131 cm³/mol. The lowest BCUT2D eigenvalue weighted by molar-refractivity contribution is -0.143. The first-order chi connectivity index (χ1) is 16.4. The van der Waals surface area contributed by atoms with Crippen molar-refractivity contribution in [1.29, 1.82) is 0 Å². The van der Waals surface area contributed by atoms with E-state index in [1.54, 1.807) is 23.7 Å². The Morgan fingerprint density at radius 1 is 1.18 bits per heavy atom. The van der Waals surface area contributed by atoms with Crippen LogP contribution in [0.25, 0.3) is 0 Å². The summed E-state index contributed by atoms with van der Waals surface area (Å²) in [5.41, 5.74) is 0.800. The molecule has 3 aliphatic heterocycles. The predicted octanol–water partition coefficient (Wildman–Crippen LogP) is 2.25. The summed E-state index contributed by atoms with van der Waals surface area (Å²) in [6.07, 6.45) is 6.11. The lowest BCUT2D eigenvalue weighted by atomic mass is 9.66. The molecular formula is C26H35N3O4S. The number of nitrogens with one attached hydrogen (secondary N) is 2. The molecule has 3 N–H and O–H groups in total. The monoisotopic (exact) mass is 485 g/mol. The molecule has 1 saturated carbocycles. The number of carbonyl (C=O) groups excluding carboxylic acids is 3. The van der Waals surface area contributed by atoms with E-state index in [-0.39, 0.29) is 41.5 Å². The third kappa shape index (κ3) is 3.48. The lowest BCUT2D eigenvalue weighted by Crippen LogP contribution is -2.58. The van der Waals surface area contributed by atoms with Crippen molar-refractivity contribution in [3.63, 3.8) is 0 Å². The van der Waals surface area contributed by atoms with Crippen molar-refractivity contribution in [3.8, 4) is 0 Å². The van der Waals surface area contributed by atoms with Gasteiger partial charge >= 0.3 is 0 Å². The number of likely N-dealkylation sites (tertiary alicyclic amines) is 1. The Labute approximate surface area is 205 Å². The first kappa shape index (κ1) is 23.7. The maximum atomic E-state index is 14.2. The fourth-order valence-corrected chi connectivity index (χ4v) is 9.53. The minimum Gasteiger partial charge on any atom is -0.394 e. The Bertz CT molecular complexity index is 953. The number of amides is 3. The summed E-state index contributed by atoms with van der Waals surface area (Å²) < 4.78 is -0.667. The number of aliphatic hydroxyl groups excluding tert-OH is 1. The van der Waals surface area contributed by atoms with E-state index in [0.717, 1.165) is 37.7 Å². The normalized spacial score (nSPS) is 35.8. The zero-order chi connectivity index (χ0) is 24.0. The van der Waals surface area contributed by atoms with Gasteiger partial charge in [0.1, 0.15) is 6.04 Å². The molecule has 7 atom stereocenters. The van der Waals surface area contributed by atoms with Crippen molar-refractivity contribution in [3.05, 3.63) is 35.9 Å². The molecule has 0 radical (unpaired) electrons. The van der Waals surface area contributed by atoms with Crippen molar-refractivity contribution in [2.24, 2.45) is 17.8 Å². The van der Waals surface area contributed by atoms with Gasteiger partial charge in [0.15, 0.2) is 0 Å². The highest BCUT2D eigenvalue weighted by Gasteiger charge is 2.76. The molecule has 1 spiro atoms. The van der Waals surface area contributed by atoms with Gasteiger partial charge in [0.25, 0.3) is 0 Å². The number of carbonyl (C=O) groups is 3. The summed E-state index contributed by atoms with van der Waals surface area (Å²) in [6, 6.07) is 8.20. The highest BCUT2D eigenvalue weighted by molar-refractivity contribution is 8.02. The molecule has 2 bridgehead atoms. The van der Waals surface area contributed by atoms with Crippen LogP contribution in [-0.4, -0.2) is 63.5 Å². The number of fused-ring (bicyclic) bond motifs is 1. The number of nitrogens with zero attached hydrogens (tertiary/aromatic N) is 1. The molecule has 34 heavy (non-hydrogen) atoms. The van der Waals surface area contributed by atoms with Crippen LogP contribution >= 0.6 is 11.8 Å². The smallest absolute Gasteiger partial charge is 0.244 e. The molecule has 8 heteroatoms. The average Bonchev–Trinajstić information content (AvgIpc) is 3.44. The van der Waals surface area contributed by atoms with E-state index >= 15 is 0 Å². The molecule has 1 aromatic carbocycles. The van der Waals surface area contributed by atoms with E-state index in [9.17, 15) is 19.5 Å². The highest BCUT2D eigenvalue weighted by atomic mass is 32.2. The van der Waals surface area contributed by atoms with Gasteiger partial charge in [0, 0.05) is 18.3 Å². The van der Waals surface area contributed by atoms with Gasteiger partial charge in [-0.3, -0.25) is 14.4 Å². The molecule has 4 fully saturated rings. The summed E-state index contributed by atoms with van der Waals surface area (Å²) in [7, 11) is 1.61. The molecule has 3 saturated heterocycles. The van der Waals surface area contributed by atoms with E-state index in [1.807, 2.05) is 30.3 Å². The maximum absolute atomic E-state index is 14.2. The highest BCUT2D eigenvalue weighted by Crippen LogP contribution is 2.69. The van der Waals surface area contributed by atoms with E-state index in [0.29, 0.717) is 0 Å². The van der Waals surface area contributed by atoms with Gasteiger partial charge in [0.2, 0.25) is 17.7 Å². The first-order valence-corrected chi connectivity index (χ1v) is 13.5. The second kappa shape index (κ2) is 9.19. The van der Waals surface area contributed by atoms with Crippen LogP contribution in [0.3, 0.4) is 0 Å². The topological polar surface area (TPSA) is 98.7 Å². The van der Waals surface area contributed by atoms with Crippen LogP contribution in [0.5, 0.6) is 0 Å². The zero-order valence-electron chi connectivity index (χ0n) is 19.9. The summed E-state index contributed by atoms with van der Waals surface area (Å²) >= 11 is 1.67. The summed E-state index contributed by atoms with van der Waals surface area (Å²) in [5.74, 6) is -1.34. The molecule has 3 heterocycles. The van der Waals surface area contributed by atoms with Crippen LogP contribution in [0.1, 0.15) is 57.1 Å². The van der Waals surface area contributed by atoms with Crippen molar-refractivity contribution in [1.82, 2.24) is 15.5 Å². The molecule has 1 aromatic rings. The SMILES string of the molecule is CNC(=O)[C@@H]1[C@H]2C(=O)N([C@H](CO)c3ccccc3)C(C(=O)NC3CCCCC3)C23S[C@@H]1CC3C. The van der Waals surface area contributed by atoms with Crippen molar-refractivity contribution < 1.29 is 19.5 Å². The fraction of sp³-hybridized carbons (Fsp3) is 0.654. The van der Waals surface area contributed by atoms with E-state index in [2.05, 4.69) is 17.6 Å². The molecule has 7 nitrogen and oxygen atoms in total. The molecule has 4 aliphatic rings. The van der Waals surface area contributed by atoms with Crippen molar-refractivity contribution in [2.45, 2.75) is 73.6 Å². The van der Waals surface area contributed by atoms with Gasteiger partial charge in [-0.05, 0) is 30.7 Å². The number of aliphatic hydroxyl groups is 1. The molecule has 1 aliphatic carbocycles. The van der Waals surface area contributed by atoms with Crippen LogP contribution in [0.15, 0.2) is 30.3 Å². The van der Waals surface area contributed by atoms with E-state index in [1.165, 1.54) is 6.42 Å². The Hall–Kier alpha value is -2.06. The van der Waals surface area contributed by atoms with Gasteiger partial charge in [0.05, 0.1) is 29.2 Å². The number of rotatable bonds is 6. The van der Waals surface area contributed by atoms with Crippen LogP contribution in [0.2, 0.25) is 0 Å². The molecule has 5 rings (SSSR count). The van der Waals surface area contributed by atoms with Gasteiger partial charge in [-0.15, -0.1) is 11.8 Å². The van der Waals surface area contributed by atoms with Crippen LogP contribution in [-0.2, 0) is 14.4 Å². The quantitative estimate of drug-likeness (QED) is 0.574. The maximum Gasteiger partial charge on any atom is 0.244 e. The average molecular weight is 486 g/mol. The third-order valence-corrected chi connectivity index (χ3v) is 10.7. The zero-order valence-corrected chi connectivity index (χ0v) is 20.7. The summed E-state index contributed by atoms with van der Waals surface area (Å²) in [6.45, 7) is 1.84. The van der Waals surface area contributed by atoms with Crippen molar-refractivity contribution >= 4 is 29.5 Å². The Morgan fingerprint density at radius 2 is 1.88 bits per heavy atom. The Morgan fingerprint density at radius 3 is 2.53 bits per heavy atom. The van der Waals surface area contributed by atoms with Gasteiger partial charge < -0.3 is 20.6 Å². The molecule has 3 amide bonds. The largest absolute Gasteiger partial charge is 0.394 e. The lowest BCUT2D eigenvalue weighted by Gasteiger charge is -2.41. The Balaban J connectivity index is 1.58. The second-order valence-electron chi connectivity index (χ2n) is 10.4. The summed E-state index contributed by atoms with van der Waals surface area (Å²) in [5, 5.41) is 16.6. The second-order valence-corrected chi connectivity index (χ2v) is 11.9. The van der Waals surface area contributed by atoms with Gasteiger partial charge in [-0.2, -0.15) is 0 Å². The fourth-order valence-electron chi connectivity index (χ4n) is 7.12.